The van der Waals surface area contributed by atoms with Crippen LogP contribution in [0.3, 0.4) is 0 Å². The fourth-order valence-electron chi connectivity index (χ4n) is 3.41. The van der Waals surface area contributed by atoms with Crippen LogP contribution in [0.5, 0.6) is 0 Å². The molecule has 0 fully saturated rings. The molecule has 2 N–H and O–H groups in total. The van der Waals surface area contributed by atoms with Crippen LogP contribution in [0, 0.1) is 11.6 Å². The molecule has 0 aliphatic rings. The molecular weight excluding hydrogens is 461 g/mol. The molecule has 0 aliphatic carbocycles. The van der Waals surface area contributed by atoms with E-state index in [1.165, 1.54) is 24.0 Å². The Morgan fingerprint density at radius 1 is 1.15 bits per heavy atom. The van der Waals surface area contributed by atoms with Gasteiger partial charge in [0.15, 0.2) is 11.6 Å². The Balaban J connectivity index is 1.87. The predicted molar refractivity (Wildman–Crippen MR) is 117 cm³/mol. The van der Waals surface area contributed by atoms with Crippen molar-refractivity contribution in [2.45, 2.75) is 32.5 Å². The van der Waals surface area contributed by atoms with Gasteiger partial charge in [0.2, 0.25) is 5.95 Å². The largest absolute Gasteiger partial charge is 0.442 e. The van der Waals surface area contributed by atoms with Crippen LogP contribution in [0.4, 0.5) is 38.4 Å². The van der Waals surface area contributed by atoms with Gasteiger partial charge < -0.3 is 15.0 Å². The molecule has 0 saturated carbocycles. The lowest BCUT2D eigenvalue weighted by atomic mass is 10.2. The lowest BCUT2D eigenvalue weighted by Gasteiger charge is -2.26. The summed E-state index contributed by atoms with van der Waals surface area (Å²) in [6.45, 7) is 4.97. The van der Waals surface area contributed by atoms with E-state index in [0.29, 0.717) is 0 Å². The number of carbonyl (C=O) groups is 1. The zero-order valence-electron chi connectivity index (χ0n) is 18.5. The van der Waals surface area contributed by atoms with Gasteiger partial charge in [0, 0.05) is 13.2 Å². The Labute approximate surface area is 190 Å². The number of rotatable bonds is 3. The molecule has 34 heavy (non-hydrogen) atoms. The molecule has 0 radical (unpaired) electrons. The van der Waals surface area contributed by atoms with E-state index in [1.807, 2.05) is 0 Å². The van der Waals surface area contributed by atoms with Crippen molar-refractivity contribution in [1.29, 1.82) is 0 Å². The van der Waals surface area contributed by atoms with Crippen LogP contribution in [0.1, 0.15) is 26.3 Å². The maximum atomic E-state index is 14.5. The maximum absolute atomic E-state index is 14.5. The number of imidazole rings is 1. The third kappa shape index (κ3) is 4.22. The molecule has 1 amide bonds. The van der Waals surface area contributed by atoms with E-state index < -0.39 is 35.1 Å². The third-order valence-electron chi connectivity index (χ3n) is 4.90. The standard InChI is InChI=1S/C22H20F5N5O2/c1-21(2,3)34-20(33)31(4)32-16-8-5-11(22(25,26)27)9-14(16)29-19(32)30-15-10-28-13-7-6-12(23)18(24)17(13)15/h5-10,28H,1-4H3,(H,29,30). The zero-order chi connectivity index (χ0) is 25.0. The first-order valence-corrected chi connectivity index (χ1v) is 10.0. The van der Waals surface area contributed by atoms with Crippen molar-refractivity contribution in [2.75, 3.05) is 17.4 Å². The number of aromatic amines is 1. The average Bonchev–Trinajstić information content (AvgIpc) is 3.29. The molecule has 0 bridgehead atoms. The van der Waals surface area contributed by atoms with Crippen molar-refractivity contribution < 1.29 is 31.5 Å². The minimum absolute atomic E-state index is 0.0668. The van der Waals surface area contributed by atoms with Crippen LogP contribution in [0.15, 0.2) is 36.5 Å². The van der Waals surface area contributed by atoms with E-state index in [4.69, 9.17) is 4.74 Å². The Morgan fingerprint density at radius 3 is 2.50 bits per heavy atom. The normalized spacial score (nSPS) is 12.4. The van der Waals surface area contributed by atoms with Crippen LogP contribution in [0.25, 0.3) is 21.9 Å². The number of amides is 1. The predicted octanol–water partition coefficient (Wildman–Crippen LogP) is 6.06. The van der Waals surface area contributed by atoms with Gasteiger partial charge in [-0.3, -0.25) is 0 Å². The Morgan fingerprint density at radius 2 is 1.85 bits per heavy atom. The van der Waals surface area contributed by atoms with Gasteiger partial charge in [-0.1, -0.05) is 0 Å². The summed E-state index contributed by atoms with van der Waals surface area (Å²) in [5, 5.41) is 3.69. The highest BCUT2D eigenvalue weighted by Gasteiger charge is 2.32. The molecule has 12 heteroatoms. The molecule has 180 valence electrons. The topological polar surface area (TPSA) is 75.2 Å². The van der Waals surface area contributed by atoms with E-state index in [-0.39, 0.29) is 33.6 Å². The lowest BCUT2D eigenvalue weighted by Crippen LogP contribution is -2.41. The van der Waals surface area contributed by atoms with Crippen molar-refractivity contribution >= 4 is 39.7 Å². The zero-order valence-corrected chi connectivity index (χ0v) is 18.5. The summed E-state index contributed by atoms with van der Waals surface area (Å²) in [6.07, 6.45) is -4.07. The smallest absolute Gasteiger partial charge is 0.429 e. The fourth-order valence-corrected chi connectivity index (χ4v) is 3.41. The van der Waals surface area contributed by atoms with E-state index in [1.54, 1.807) is 20.8 Å². The molecule has 4 rings (SSSR count). The van der Waals surface area contributed by atoms with Gasteiger partial charge >= 0.3 is 12.3 Å². The van der Waals surface area contributed by atoms with E-state index in [2.05, 4.69) is 15.3 Å². The first-order valence-electron chi connectivity index (χ1n) is 10.0. The summed E-state index contributed by atoms with van der Waals surface area (Å²) >= 11 is 0. The second kappa shape index (κ2) is 7.89. The second-order valence-electron chi connectivity index (χ2n) is 8.56. The van der Waals surface area contributed by atoms with Crippen LogP contribution in [-0.4, -0.2) is 33.4 Å². The van der Waals surface area contributed by atoms with E-state index in [0.717, 1.165) is 29.3 Å². The monoisotopic (exact) mass is 481 g/mol. The van der Waals surface area contributed by atoms with Gasteiger partial charge in [0.05, 0.1) is 33.2 Å². The molecule has 0 aliphatic heterocycles. The van der Waals surface area contributed by atoms with Gasteiger partial charge in [-0.2, -0.15) is 13.2 Å². The van der Waals surface area contributed by atoms with Gasteiger partial charge in [-0.15, -0.1) is 0 Å². The quantitative estimate of drug-likeness (QED) is 0.349. The van der Waals surface area contributed by atoms with Crippen LogP contribution < -0.4 is 10.3 Å². The van der Waals surface area contributed by atoms with E-state index >= 15 is 0 Å². The van der Waals surface area contributed by atoms with Gasteiger partial charge in [0.1, 0.15) is 5.60 Å². The fraction of sp³-hybridized carbons (Fsp3) is 0.273. The molecule has 0 spiro atoms. The Bertz CT molecular complexity index is 1400. The van der Waals surface area contributed by atoms with Crippen LogP contribution >= 0.6 is 0 Å². The number of hydrogen-bond acceptors (Lipinski definition) is 4. The van der Waals surface area contributed by atoms with Crippen LogP contribution in [0.2, 0.25) is 0 Å². The molecular formula is C22H20F5N5O2. The highest BCUT2D eigenvalue weighted by molar-refractivity contribution is 5.95. The number of anilines is 2. The third-order valence-corrected chi connectivity index (χ3v) is 4.90. The summed E-state index contributed by atoms with van der Waals surface area (Å²) in [7, 11) is 1.34. The molecule has 2 aromatic carbocycles. The highest BCUT2D eigenvalue weighted by atomic mass is 19.4. The minimum atomic E-state index is -4.61. The summed E-state index contributed by atoms with van der Waals surface area (Å²) in [5.74, 6) is -2.32. The SMILES string of the molecule is CN(C(=O)OC(C)(C)C)n1c(Nc2c[nH]c3ccc(F)c(F)c23)nc2cc(C(F)(F)F)ccc21. The maximum Gasteiger partial charge on any atom is 0.429 e. The van der Waals surface area contributed by atoms with Crippen molar-refractivity contribution in [2.24, 2.45) is 0 Å². The first kappa shape index (κ1) is 23.3. The molecule has 0 saturated heterocycles. The van der Waals surface area contributed by atoms with Crippen molar-refractivity contribution in [1.82, 2.24) is 14.6 Å². The number of fused-ring (bicyclic) bond motifs is 2. The first-order chi connectivity index (χ1) is 15.8. The number of alkyl halides is 3. The van der Waals surface area contributed by atoms with Crippen molar-refractivity contribution in [3.05, 3.63) is 53.7 Å². The number of nitrogens with zero attached hydrogens (tertiary/aromatic N) is 3. The molecule has 2 heterocycles. The summed E-state index contributed by atoms with van der Waals surface area (Å²) in [4.78, 5) is 19.7. The summed E-state index contributed by atoms with van der Waals surface area (Å²) in [5.41, 5.74) is -1.37. The molecule has 0 atom stereocenters. The number of hydrogen-bond donors (Lipinski definition) is 2. The van der Waals surface area contributed by atoms with Crippen molar-refractivity contribution in [3.63, 3.8) is 0 Å². The minimum Gasteiger partial charge on any atom is -0.442 e. The van der Waals surface area contributed by atoms with Crippen molar-refractivity contribution in [3.8, 4) is 0 Å². The average molecular weight is 481 g/mol. The molecule has 4 aromatic rings. The van der Waals surface area contributed by atoms with E-state index in [9.17, 15) is 26.7 Å². The van der Waals surface area contributed by atoms with Gasteiger partial charge in [-0.25, -0.2) is 28.2 Å². The lowest BCUT2D eigenvalue weighted by molar-refractivity contribution is -0.137. The molecule has 0 unspecified atom stereocenters. The Hall–Kier alpha value is -3.83. The number of benzene rings is 2. The molecule has 2 aromatic heterocycles. The number of ether oxygens (including phenoxy) is 1. The van der Waals surface area contributed by atoms with Gasteiger partial charge in [-0.05, 0) is 51.1 Å². The highest BCUT2D eigenvalue weighted by Crippen LogP contribution is 2.34. The number of halogens is 5. The summed E-state index contributed by atoms with van der Waals surface area (Å²) in [6, 6.07) is 5.14. The van der Waals surface area contributed by atoms with Crippen LogP contribution in [-0.2, 0) is 10.9 Å². The number of nitrogens with one attached hydrogen (secondary N) is 2. The summed E-state index contributed by atoms with van der Waals surface area (Å²) < 4.78 is 74.6. The number of carbonyl (C=O) groups excluding carboxylic acids is 1. The Kier molecular flexibility index (Phi) is 5.41. The number of aromatic nitrogens is 3. The number of H-pyrrole nitrogens is 1. The molecule has 7 nitrogen and oxygen atoms in total. The van der Waals surface area contributed by atoms with Gasteiger partial charge in [0.25, 0.3) is 0 Å². The second-order valence-corrected chi connectivity index (χ2v) is 8.56.